The molecule has 0 unspecified atom stereocenters. The van der Waals surface area contributed by atoms with E-state index in [1.54, 1.807) is 0 Å². The van der Waals surface area contributed by atoms with Crippen molar-refractivity contribution in [2.75, 3.05) is 43.5 Å². The van der Waals surface area contributed by atoms with Gasteiger partial charge in [0.05, 0.1) is 10.9 Å². The second-order valence-electron chi connectivity index (χ2n) is 11.8. The summed E-state index contributed by atoms with van der Waals surface area (Å²) in [6, 6.07) is 2.66. The minimum atomic E-state index is -3.46. The normalized spacial score (nSPS) is 30.9. The largest absolute Gasteiger partial charge is 0.381 e. The number of fused-ring (bicyclic) bond motifs is 1. The number of rotatable bonds is 8. The van der Waals surface area contributed by atoms with E-state index in [0.29, 0.717) is 23.6 Å². The Balaban J connectivity index is 1.09. The minimum Gasteiger partial charge on any atom is -0.381 e. The zero-order valence-corrected chi connectivity index (χ0v) is 21.6. The van der Waals surface area contributed by atoms with Crippen molar-refractivity contribution < 1.29 is 13.2 Å². The fourth-order valence-corrected chi connectivity index (χ4v) is 8.76. The molecule has 0 spiro atoms. The summed E-state index contributed by atoms with van der Waals surface area (Å²) < 4.78 is 32.3. The molecule has 3 heterocycles. The van der Waals surface area contributed by atoms with Gasteiger partial charge < -0.3 is 20.3 Å². The summed E-state index contributed by atoms with van der Waals surface area (Å²) in [5.41, 5.74) is 0.649. The zero-order chi connectivity index (χ0) is 23.8. The van der Waals surface area contributed by atoms with Gasteiger partial charge in [0.25, 0.3) is 0 Å². The van der Waals surface area contributed by atoms with E-state index < -0.39 is 9.84 Å². The Morgan fingerprint density at radius 3 is 2.29 bits per heavy atom. The molecule has 3 atom stereocenters. The molecule has 0 bridgehead atoms. The van der Waals surface area contributed by atoms with Crippen molar-refractivity contribution in [1.82, 2.24) is 15.1 Å². The van der Waals surface area contributed by atoms with Crippen molar-refractivity contribution in [2.24, 2.45) is 17.8 Å². The highest BCUT2D eigenvalue weighted by Crippen LogP contribution is 2.40. The van der Waals surface area contributed by atoms with Crippen molar-refractivity contribution in [1.29, 1.82) is 0 Å². The van der Waals surface area contributed by atoms with E-state index in [9.17, 15) is 8.42 Å². The molecule has 1 aromatic heterocycles. The van der Waals surface area contributed by atoms with Crippen LogP contribution in [0.25, 0.3) is 0 Å². The number of aromatic nitrogens is 2. The molecule has 194 valence electrons. The van der Waals surface area contributed by atoms with Crippen molar-refractivity contribution in [2.45, 2.75) is 93.0 Å². The third-order valence-electron chi connectivity index (χ3n) is 8.99. The maximum atomic E-state index is 13.4. The van der Waals surface area contributed by atoms with Crippen LogP contribution in [-0.4, -0.2) is 73.7 Å². The molecule has 5 aliphatic rings. The second kappa shape index (κ2) is 10.1. The first-order valence-electron chi connectivity index (χ1n) is 14.0. The molecule has 1 aromatic rings. The summed E-state index contributed by atoms with van der Waals surface area (Å²) in [6.45, 7) is 5.50. The Kier molecular flexibility index (Phi) is 6.92. The van der Waals surface area contributed by atoms with Gasteiger partial charge in [0.1, 0.15) is 0 Å². The molecule has 2 aliphatic heterocycles. The molecule has 2 N–H and O–H groups in total. The van der Waals surface area contributed by atoms with Gasteiger partial charge in [0, 0.05) is 51.0 Å². The number of nitrogens with one attached hydrogen (secondary N) is 2. The van der Waals surface area contributed by atoms with Crippen LogP contribution in [0.4, 0.5) is 11.5 Å². The summed E-state index contributed by atoms with van der Waals surface area (Å²) in [7, 11) is -3.46. The lowest BCUT2D eigenvalue weighted by Gasteiger charge is -2.27. The first-order chi connectivity index (χ1) is 17.0. The lowest BCUT2D eigenvalue weighted by atomic mass is 10.00. The topological polar surface area (TPSA) is 96.5 Å². The fourth-order valence-electron chi connectivity index (χ4n) is 6.91. The van der Waals surface area contributed by atoms with E-state index in [1.165, 1.54) is 32.5 Å². The SMILES string of the molecule is O=S(=O)(c1nnc(N[C@H]2C[C@@H]3CN(CC4CCOCC4)C[C@@H]3C2)cc1NC1CC1)C1CCCCC1. The van der Waals surface area contributed by atoms with Crippen LogP contribution in [0.5, 0.6) is 0 Å². The Morgan fingerprint density at radius 1 is 0.886 bits per heavy atom. The monoisotopic (exact) mass is 503 g/mol. The Morgan fingerprint density at radius 2 is 1.60 bits per heavy atom. The number of ether oxygens (including phenoxy) is 1. The van der Waals surface area contributed by atoms with E-state index in [2.05, 4.69) is 25.7 Å². The van der Waals surface area contributed by atoms with E-state index in [0.717, 1.165) is 88.8 Å². The summed E-state index contributed by atoms with van der Waals surface area (Å²) in [4.78, 5) is 2.68. The molecule has 3 aliphatic carbocycles. The van der Waals surface area contributed by atoms with Gasteiger partial charge in [-0.15, -0.1) is 10.2 Å². The number of anilines is 2. The van der Waals surface area contributed by atoms with Crippen molar-refractivity contribution in [3.8, 4) is 0 Å². The molecule has 8 nitrogen and oxygen atoms in total. The maximum Gasteiger partial charge on any atom is 0.202 e. The van der Waals surface area contributed by atoms with Gasteiger partial charge in [-0.2, -0.15) is 0 Å². The van der Waals surface area contributed by atoms with Gasteiger partial charge in [-0.05, 0) is 69.1 Å². The zero-order valence-electron chi connectivity index (χ0n) is 20.8. The molecular weight excluding hydrogens is 462 g/mol. The van der Waals surface area contributed by atoms with E-state index in [-0.39, 0.29) is 10.3 Å². The Bertz CT molecular complexity index is 975. The van der Waals surface area contributed by atoms with Crippen molar-refractivity contribution in [3.05, 3.63) is 6.07 Å². The molecule has 5 fully saturated rings. The van der Waals surface area contributed by atoms with Gasteiger partial charge in [0.15, 0.2) is 5.82 Å². The summed E-state index contributed by atoms with van der Waals surface area (Å²) in [5, 5.41) is 15.6. The maximum absolute atomic E-state index is 13.4. The third kappa shape index (κ3) is 5.47. The number of hydrogen-bond acceptors (Lipinski definition) is 8. The highest BCUT2D eigenvalue weighted by atomic mass is 32.2. The summed E-state index contributed by atoms with van der Waals surface area (Å²) in [5.74, 6) is 3.00. The number of hydrogen-bond donors (Lipinski definition) is 2. The van der Waals surface area contributed by atoms with Crippen LogP contribution in [0.2, 0.25) is 0 Å². The minimum absolute atomic E-state index is 0.161. The predicted molar refractivity (Wildman–Crippen MR) is 136 cm³/mol. The molecule has 3 saturated carbocycles. The van der Waals surface area contributed by atoms with Crippen LogP contribution in [0.15, 0.2) is 11.1 Å². The smallest absolute Gasteiger partial charge is 0.202 e. The van der Waals surface area contributed by atoms with E-state index in [4.69, 9.17) is 4.74 Å². The lowest BCUT2D eigenvalue weighted by Crippen LogP contribution is -2.32. The Hall–Kier alpha value is -1.45. The van der Waals surface area contributed by atoms with Gasteiger partial charge >= 0.3 is 0 Å². The van der Waals surface area contributed by atoms with E-state index >= 15 is 0 Å². The number of likely N-dealkylation sites (tertiary alicyclic amines) is 1. The summed E-state index contributed by atoms with van der Waals surface area (Å²) >= 11 is 0. The van der Waals surface area contributed by atoms with E-state index in [1.807, 2.05) is 6.07 Å². The molecule has 2 saturated heterocycles. The first-order valence-corrected chi connectivity index (χ1v) is 15.5. The molecule has 6 rings (SSSR count). The van der Waals surface area contributed by atoms with Gasteiger partial charge in [-0.25, -0.2) is 8.42 Å². The van der Waals surface area contributed by atoms with Crippen LogP contribution in [-0.2, 0) is 14.6 Å². The van der Waals surface area contributed by atoms with Crippen LogP contribution in [0.1, 0.15) is 70.6 Å². The quantitative estimate of drug-likeness (QED) is 0.554. The lowest BCUT2D eigenvalue weighted by molar-refractivity contribution is 0.0545. The fraction of sp³-hybridized carbons (Fsp3) is 0.846. The molecule has 0 aromatic carbocycles. The molecular formula is C26H41N5O3S. The molecule has 35 heavy (non-hydrogen) atoms. The Labute approximate surface area is 209 Å². The predicted octanol–water partition coefficient (Wildman–Crippen LogP) is 3.71. The van der Waals surface area contributed by atoms with Gasteiger partial charge in [0.2, 0.25) is 14.9 Å². The van der Waals surface area contributed by atoms with Crippen LogP contribution < -0.4 is 10.6 Å². The highest BCUT2D eigenvalue weighted by Gasteiger charge is 2.41. The van der Waals surface area contributed by atoms with Gasteiger partial charge in [-0.1, -0.05) is 19.3 Å². The number of sulfone groups is 1. The molecule has 0 amide bonds. The highest BCUT2D eigenvalue weighted by molar-refractivity contribution is 7.92. The average molecular weight is 504 g/mol. The standard InChI is InChI=1S/C26H41N5O3S/c32-35(33,23-4-2-1-3-5-23)26-24(27-21-6-7-21)14-25(29-30-26)28-22-12-19-16-31(17-20(19)13-22)15-18-8-10-34-11-9-18/h14,18-23H,1-13,15-17H2,(H2,27,28,29)/t19-,20+,22+. The third-order valence-corrected chi connectivity index (χ3v) is 11.2. The first kappa shape index (κ1) is 23.9. The van der Waals surface area contributed by atoms with Crippen LogP contribution in [0, 0.1) is 17.8 Å². The van der Waals surface area contributed by atoms with Gasteiger partial charge in [-0.3, -0.25) is 0 Å². The number of nitrogens with zero attached hydrogens (tertiary/aromatic N) is 3. The summed E-state index contributed by atoms with van der Waals surface area (Å²) in [6.07, 6.45) is 11.5. The second-order valence-corrected chi connectivity index (χ2v) is 13.9. The van der Waals surface area contributed by atoms with Crippen molar-refractivity contribution >= 4 is 21.3 Å². The van der Waals surface area contributed by atoms with Crippen LogP contribution >= 0.6 is 0 Å². The van der Waals surface area contributed by atoms with Crippen LogP contribution in [0.3, 0.4) is 0 Å². The van der Waals surface area contributed by atoms with Crippen molar-refractivity contribution in [3.63, 3.8) is 0 Å². The molecule has 9 heteroatoms. The molecule has 0 radical (unpaired) electrons. The average Bonchev–Trinajstić information content (AvgIpc) is 3.49.